The van der Waals surface area contributed by atoms with Gasteiger partial charge in [0, 0.05) is 18.1 Å². The predicted octanol–water partition coefficient (Wildman–Crippen LogP) is 0.270. The maximum Gasteiger partial charge on any atom is 0.209 e. The Kier molecular flexibility index (Phi) is 4.64. The molecule has 2 unspecified atom stereocenters. The Morgan fingerprint density at radius 2 is 1.89 bits per heavy atom. The molecule has 6 heteroatoms. The monoisotopic (exact) mass is 275 g/mol. The van der Waals surface area contributed by atoms with Crippen molar-refractivity contribution in [2.24, 2.45) is 5.14 Å². The molecular weight excluding hydrogens is 250 g/mol. The Balaban J connectivity index is 1.88. The van der Waals surface area contributed by atoms with Crippen molar-refractivity contribution in [1.82, 2.24) is 10.2 Å². The molecule has 0 radical (unpaired) electrons. The minimum Gasteiger partial charge on any atom is -0.317 e. The summed E-state index contributed by atoms with van der Waals surface area (Å²) in [4.78, 5) is 2.53. The Morgan fingerprint density at radius 1 is 1.28 bits per heavy atom. The molecule has 2 aliphatic rings. The Morgan fingerprint density at radius 3 is 2.39 bits per heavy atom. The number of sulfonamides is 1. The highest BCUT2D eigenvalue weighted by molar-refractivity contribution is 7.89. The van der Waals surface area contributed by atoms with E-state index in [0.717, 1.165) is 6.54 Å². The summed E-state index contributed by atoms with van der Waals surface area (Å²) >= 11 is 0. The molecule has 0 amide bonds. The highest BCUT2D eigenvalue weighted by Gasteiger charge is 2.37. The largest absolute Gasteiger partial charge is 0.317 e. The maximum atomic E-state index is 11.0. The van der Waals surface area contributed by atoms with Gasteiger partial charge in [0.25, 0.3) is 0 Å². The van der Waals surface area contributed by atoms with Gasteiger partial charge < -0.3 is 5.32 Å². The molecule has 0 saturated carbocycles. The van der Waals surface area contributed by atoms with E-state index in [-0.39, 0.29) is 5.75 Å². The fourth-order valence-electron chi connectivity index (χ4n) is 3.53. The lowest BCUT2D eigenvalue weighted by Gasteiger charge is -2.49. The first-order valence-corrected chi connectivity index (χ1v) is 8.64. The zero-order valence-electron chi connectivity index (χ0n) is 11.1. The Labute approximate surface area is 110 Å². The van der Waals surface area contributed by atoms with Crippen LogP contribution in [0.3, 0.4) is 0 Å². The number of fused-ring (bicyclic) bond motifs is 2. The van der Waals surface area contributed by atoms with E-state index in [1.807, 2.05) is 7.05 Å². The van der Waals surface area contributed by atoms with E-state index in [0.29, 0.717) is 24.5 Å². The van der Waals surface area contributed by atoms with Crippen molar-refractivity contribution in [3.63, 3.8) is 0 Å². The third kappa shape index (κ3) is 3.66. The fraction of sp³-hybridized carbons (Fsp3) is 1.00. The molecule has 0 aromatic rings. The van der Waals surface area contributed by atoms with Gasteiger partial charge in [0.2, 0.25) is 10.0 Å². The van der Waals surface area contributed by atoms with Gasteiger partial charge in [0.05, 0.1) is 5.75 Å². The summed E-state index contributed by atoms with van der Waals surface area (Å²) in [6.07, 6.45) is 6.88. The number of hydrogen-bond donors (Lipinski definition) is 2. The first-order chi connectivity index (χ1) is 8.49. The van der Waals surface area contributed by atoms with E-state index in [4.69, 9.17) is 5.14 Å². The van der Waals surface area contributed by atoms with E-state index >= 15 is 0 Å². The third-order valence-corrected chi connectivity index (χ3v) is 5.24. The van der Waals surface area contributed by atoms with E-state index < -0.39 is 10.0 Å². The van der Waals surface area contributed by atoms with Crippen molar-refractivity contribution in [3.05, 3.63) is 0 Å². The van der Waals surface area contributed by atoms with Crippen LogP contribution in [-0.4, -0.2) is 50.8 Å². The summed E-state index contributed by atoms with van der Waals surface area (Å²) in [6.45, 7) is 0.877. The number of nitrogens with one attached hydrogen (secondary N) is 1. The quantitative estimate of drug-likeness (QED) is 0.755. The first kappa shape index (κ1) is 14.2. The molecule has 2 rings (SSSR count). The molecule has 0 spiro atoms. The highest BCUT2D eigenvalue weighted by Crippen LogP contribution is 2.33. The molecule has 0 aromatic heterocycles. The van der Waals surface area contributed by atoms with E-state index in [1.165, 1.54) is 32.1 Å². The van der Waals surface area contributed by atoms with Crippen molar-refractivity contribution in [2.75, 3.05) is 19.3 Å². The summed E-state index contributed by atoms with van der Waals surface area (Å²) in [5.41, 5.74) is 0. The summed E-state index contributed by atoms with van der Waals surface area (Å²) in [5, 5.41) is 8.45. The van der Waals surface area contributed by atoms with Crippen molar-refractivity contribution >= 4 is 10.0 Å². The average Bonchev–Trinajstić information content (AvgIpc) is 2.26. The van der Waals surface area contributed by atoms with E-state index in [1.54, 1.807) is 0 Å². The summed E-state index contributed by atoms with van der Waals surface area (Å²) in [7, 11) is -1.26. The predicted molar refractivity (Wildman–Crippen MR) is 72.8 cm³/mol. The number of rotatable bonds is 5. The van der Waals surface area contributed by atoms with Gasteiger partial charge in [-0.1, -0.05) is 6.42 Å². The molecule has 0 aliphatic carbocycles. The fourth-order valence-corrected chi connectivity index (χ4v) is 4.06. The Hall–Kier alpha value is -0.170. The zero-order valence-corrected chi connectivity index (χ0v) is 12.0. The zero-order chi connectivity index (χ0) is 13.2. The number of hydrogen-bond acceptors (Lipinski definition) is 4. The van der Waals surface area contributed by atoms with Crippen LogP contribution in [0.4, 0.5) is 0 Å². The van der Waals surface area contributed by atoms with Crippen LogP contribution in [0, 0.1) is 0 Å². The van der Waals surface area contributed by atoms with Crippen LogP contribution in [-0.2, 0) is 10.0 Å². The molecule has 2 bridgehead atoms. The molecular formula is C12H25N3O2S. The standard InChI is InChI=1S/C12H25N3O2S/c1-14-10-8-11-4-2-5-12(9-10)15(11)6-3-7-18(13,16)17/h10-12,14H,2-9H2,1H3,(H2,13,16,17). The highest BCUT2D eigenvalue weighted by atomic mass is 32.2. The van der Waals surface area contributed by atoms with Crippen molar-refractivity contribution < 1.29 is 8.42 Å². The molecule has 106 valence electrons. The number of primary sulfonamides is 1. The number of nitrogens with two attached hydrogens (primary N) is 1. The SMILES string of the molecule is CNC1CC2CCCC(C1)N2CCCS(N)(=O)=O. The van der Waals surface area contributed by atoms with E-state index in [9.17, 15) is 8.42 Å². The Bertz CT molecular complexity index is 358. The van der Waals surface area contributed by atoms with Crippen LogP contribution >= 0.6 is 0 Å². The topological polar surface area (TPSA) is 75.4 Å². The summed E-state index contributed by atoms with van der Waals surface area (Å²) in [6, 6.07) is 1.90. The van der Waals surface area contributed by atoms with Gasteiger partial charge in [0.15, 0.2) is 0 Å². The minimum absolute atomic E-state index is 0.110. The second-order valence-corrected chi connectivity index (χ2v) is 7.39. The normalized spacial score (nSPS) is 33.6. The lowest BCUT2D eigenvalue weighted by Crippen LogP contribution is -2.56. The molecule has 5 nitrogen and oxygen atoms in total. The van der Waals surface area contributed by atoms with Crippen LogP contribution in [0.2, 0.25) is 0 Å². The molecule has 2 fully saturated rings. The van der Waals surface area contributed by atoms with Gasteiger partial charge in [0.1, 0.15) is 0 Å². The third-order valence-electron chi connectivity index (χ3n) is 4.38. The summed E-state index contributed by atoms with van der Waals surface area (Å²) in [5.74, 6) is 0.110. The maximum absolute atomic E-state index is 11.0. The van der Waals surface area contributed by atoms with Gasteiger partial charge in [-0.25, -0.2) is 13.6 Å². The van der Waals surface area contributed by atoms with Gasteiger partial charge in [-0.2, -0.15) is 0 Å². The van der Waals surface area contributed by atoms with Gasteiger partial charge >= 0.3 is 0 Å². The molecule has 2 heterocycles. The molecule has 3 N–H and O–H groups in total. The molecule has 2 aliphatic heterocycles. The van der Waals surface area contributed by atoms with Crippen molar-refractivity contribution in [3.8, 4) is 0 Å². The lowest BCUT2D eigenvalue weighted by atomic mass is 9.81. The van der Waals surface area contributed by atoms with Crippen LogP contribution in [0.25, 0.3) is 0 Å². The van der Waals surface area contributed by atoms with Crippen LogP contribution in [0.5, 0.6) is 0 Å². The second-order valence-electron chi connectivity index (χ2n) is 5.65. The number of piperidine rings is 2. The van der Waals surface area contributed by atoms with Gasteiger partial charge in [-0.15, -0.1) is 0 Å². The molecule has 2 saturated heterocycles. The minimum atomic E-state index is -3.30. The van der Waals surface area contributed by atoms with Crippen LogP contribution in [0.1, 0.15) is 38.5 Å². The second kappa shape index (κ2) is 5.86. The van der Waals surface area contributed by atoms with E-state index in [2.05, 4.69) is 10.2 Å². The van der Waals surface area contributed by atoms with Gasteiger partial charge in [-0.3, -0.25) is 4.90 Å². The van der Waals surface area contributed by atoms with Crippen molar-refractivity contribution in [1.29, 1.82) is 0 Å². The van der Waals surface area contributed by atoms with Crippen molar-refractivity contribution in [2.45, 2.75) is 56.7 Å². The molecule has 18 heavy (non-hydrogen) atoms. The molecule has 0 aromatic carbocycles. The smallest absolute Gasteiger partial charge is 0.209 e. The molecule has 2 atom stereocenters. The van der Waals surface area contributed by atoms with Gasteiger partial charge in [-0.05, 0) is 45.7 Å². The first-order valence-electron chi connectivity index (χ1n) is 6.93. The van der Waals surface area contributed by atoms with Crippen LogP contribution < -0.4 is 10.5 Å². The number of nitrogens with zero attached hydrogens (tertiary/aromatic N) is 1. The van der Waals surface area contributed by atoms with Crippen LogP contribution in [0.15, 0.2) is 0 Å². The average molecular weight is 275 g/mol. The lowest BCUT2D eigenvalue weighted by molar-refractivity contribution is 0.0264. The summed E-state index contributed by atoms with van der Waals surface area (Å²) < 4.78 is 21.9.